The summed E-state index contributed by atoms with van der Waals surface area (Å²) in [5, 5.41) is 5.46. The van der Waals surface area contributed by atoms with Crippen molar-refractivity contribution in [3.63, 3.8) is 0 Å². The van der Waals surface area contributed by atoms with Gasteiger partial charge in [0.25, 0.3) is 0 Å². The Hall–Kier alpha value is -1.84. The van der Waals surface area contributed by atoms with Crippen molar-refractivity contribution in [2.24, 2.45) is 0 Å². The predicted molar refractivity (Wildman–Crippen MR) is 65.9 cm³/mol. The molecule has 1 aromatic heterocycles. The average molecular weight is 295 g/mol. The smallest absolute Gasteiger partial charge is 0.411 e. The normalized spacial score (nSPS) is 11.2. The van der Waals surface area contributed by atoms with E-state index in [0.717, 1.165) is 0 Å². The highest BCUT2D eigenvalue weighted by molar-refractivity contribution is 5.35. The van der Waals surface area contributed by atoms with Crippen molar-refractivity contribution in [1.29, 1.82) is 0 Å². The number of hydrogen-bond donors (Lipinski definition) is 2. The van der Waals surface area contributed by atoms with Crippen molar-refractivity contribution >= 4 is 11.9 Å². The maximum Gasteiger partial charge on any atom is 0.411 e. The number of alkyl halides is 3. The lowest BCUT2D eigenvalue weighted by molar-refractivity contribution is -0.172. The van der Waals surface area contributed by atoms with Gasteiger partial charge in [-0.2, -0.15) is 28.1 Å². The van der Waals surface area contributed by atoms with E-state index in [0.29, 0.717) is 12.6 Å². The van der Waals surface area contributed by atoms with E-state index in [-0.39, 0.29) is 25.1 Å². The molecule has 0 aliphatic rings. The second kappa shape index (κ2) is 7.68. The molecule has 0 radical (unpaired) electrons. The van der Waals surface area contributed by atoms with Crippen LogP contribution in [0.25, 0.3) is 0 Å². The van der Waals surface area contributed by atoms with Crippen LogP contribution in [0.1, 0.15) is 6.92 Å². The van der Waals surface area contributed by atoms with Gasteiger partial charge in [-0.1, -0.05) is 0 Å². The average Bonchev–Trinajstić information content (AvgIpc) is 2.37. The first-order valence-corrected chi connectivity index (χ1v) is 5.89. The molecular formula is C10H16F3N5O2. The maximum absolute atomic E-state index is 11.8. The van der Waals surface area contributed by atoms with Gasteiger partial charge >= 0.3 is 12.2 Å². The molecule has 20 heavy (non-hydrogen) atoms. The second-order valence-electron chi connectivity index (χ2n) is 3.54. The highest BCUT2D eigenvalue weighted by Gasteiger charge is 2.27. The molecule has 7 nitrogen and oxygen atoms in total. The van der Waals surface area contributed by atoms with E-state index in [1.165, 1.54) is 0 Å². The van der Waals surface area contributed by atoms with E-state index in [1.54, 1.807) is 14.0 Å². The highest BCUT2D eigenvalue weighted by Crippen LogP contribution is 2.14. The minimum absolute atomic E-state index is 0.121. The standard InChI is InChI=1S/C10H16F3N5O2/c1-3-20-9-17-7(14-2)16-8(18-9)15-4-5-19-6-10(11,12)13/h3-6H2,1-2H3,(H2,14,15,16,17,18). The summed E-state index contributed by atoms with van der Waals surface area (Å²) in [4.78, 5) is 11.9. The molecule has 1 aromatic rings. The van der Waals surface area contributed by atoms with Crippen molar-refractivity contribution in [3.05, 3.63) is 0 Å². The Morgan fingerprint density at radius 2 is 1.85 bits per heavy atom. The number of aromatic nitrogens is 3. The summed E-state index contributed by atoms with van der Waals surface area (Å²) in [7, 11) is 1.63. The second-order valence-corrected chi connectivity index (χ2v) is 3.54. The van der Waals surface area contributed by atoms with Crippen LogP contribution in [0.15, 0.2) is 0 Å². The van der Waals surface area contributed by atoms with Gasteiger partial charge in [-0.3, -0.25) is 0 Å². The van der Waals surface area contributed by atoms with Crippen LogP contribution < -0.4 is 15.4 Å². The van der Waals surface area contributed by atoms with Crippen LogP contribution in [0.4, 0.5) is 25.1 Å². The van der Waals surface area contributed by atoms with Crippen molar-refractivity contribution in [2.75, 3.05) is 44.0 Å². The third kappa shape index (κ3) is 6.36. The summed E-state index contributed by atoms with van der Waals surface area (Å²) >= 11 is 0. The van der Waals surface area contributed by atoms with Crippen molar-refractivity contribution in [2.45, 2.75) is 13.1 Å². The first-order valence-electron chi connectivity index (χ1n) is 5.89. The molecule has 0 saturated heterocycles. The molecule has 0 atom stereocenters. The summed E-state index contributed by atoms with van der Waals surface area (Å²) in [5.41, 5.74) is 0. The quantitative estimate of drug-likeness (QED) is 0.700. The SMILES string of the molecule is CCOc1nc(NC)nc(NCCOCC(F)(F)F)n1. The van der Waals surface area contributed by atoms with E-state index in [9.17, 15) is 13.2 Å². The van der Waals surface area contributed by atoms with Gasteiger partial charge < -0.3 is 20.1 Å². The largest absolute Gasteiger partial charge is 0.464 e. The molecule has 0 fully saturated rings. The molecule has 0 spiro atoms. The minimum atomic E-state index is -4.32. The third-order valence-corrected chi connectivity index (χ3v) is 1.91. The number of ether oxygens (including phenoxy) is 2. The first-order chi connectivity index (χ1) is 9.44. The molecule has 0 amide bonds. The molecule has 114 valence electrons. The lowest BCUT2D eigenvalue weighted by atomic mass is 10.6. The van der Waals surface area contributed by atoms with Gasteiger partial charge in [-0.25, -0.2) is 0 Å². The molecule has 1 heterocycles. The van der Waals surface area contributed by atoms with E-state index in [4.69, 9.17) is 4.74 Å². The Labute approximate surface area is 113 Å². The van der Waals surface area contributed by atoms with Gasteiger partial charge in [0.2, 0.25) is 11.9 Å². The molecule has 0 saturated carbocycles. The molecule has 10 heteroatoms. The fraction of sp³-hybridized carbons (Fsp3) is 0.700. The summed E-state index contributed by atoms with van der Waals surface area (Å²) in [6, 6.07) is 0.130. The number of anilines is 2. The van der Waals surface area contributed by atoms with Crippen molar-refractivity contribution < 1.29 is 22.6 Å². The zero-order valence-electron chi connectivity index (χ0n) is 11.1. The van der Waals surface area contributed by atoms with Gasteiger partial charge in [-0.15, -0.1) is 0 Å². The summed E-state index contributed by atoms with van der Waals surface area (Å²) in [6.07, 6.45) is -4.32. The van der Waals surface area contributed by atoms with E-state index in [1.807, 2.05) is 0 Å². The molecule has 0 unspecified atom stereocenters. The van der Waals surface area contributed by atoms with E-state index >= 15 is 0 Å². The Bertz CT molecular complexity index is 416. The molecule has 0 bridgehead atoms. The topological polar surface area (TPSA) is 81.2 Å². The van der Waals surface area contributed by atoms with Gasteiger partial charge in [0, 0.05) is 13.6 Å². The number of nitrogens with zero attached hydrogens (tertiary/aromatic N) is 3. The van der Waals surface area contributed by atoms with Crippen LogP contribution in [0.3, 0.4) is 0 Å². The van der Waals surface area contributed by atoms with Gasteiger partial charge in [-0.05, 0) is 6.92 Å². The Morgan fingerprint density at radius 1 is 1.15 bits per heavy atom. The Kier molecular flexibility index (Phi) is 6.22. The number of rotatable bonds is 8. The fourth-order valence-corrected chi connectivity index (χ4v) is 1.16. The number of hydrogen-bond acceptors (Lipinski definition) is 7. The zero-order valence-corrected chi connectivity index (χ0v) is 11.1. The van der Waals surface area contributed by atoms with E-state index < -0.39 is 12.8 Å². The Morgan fingerprint density at radius 3 is 2.45 bits per heavy atom. The molecule has 2 N–H and O–H groups in total. The van der Waals surface area contributed by atoms with Gasteiger partial charge in [0.1, 0.15) is 6.61 Å². The summed E-state index contributed by atoms with van der Waals surface area (Å²) < 4.78 is 45.1. The van der Waals surface area contributed by atoms with Crippen LogP contribution in [0, 0.1) is 0 Å². The van der Waals surface area contributed by atoms with Gasteiger partial charge in [0.05, 0.1) is 13.2 Å². The van der Waals surface area contributed by atoms with Crippen molar-refractivity contribution in [1.82, 2.24) is 15.0 Å². The monoisotopic (exact) mass is 295 g/mol. The maximum atomic E-state index is 11.8. The number of halogens is 3. The highest BCUT2D eigenvalue weighted by atomic mass is 19.4. The molecule has 0 aromatic carbocycles. The fourth-order valence-electron chi connectivity index (χ4n) is 1.16. The van der Waals surface area contributed by atoms with Crippen LogP contribution >= 0.6 is 0 Å². The molecular weight excluding hydrogens is 279 g/mol. The van der Waals surface area contributed by atoms with Gasteiger partial charge in [0.15, 0.2) is 0 Å². The summed E-state index contributed by atoms with van der Waals surface area (Å²) in [6.45, 7) is 0.902. The van der Waals surface area contributed by atoms with Crippen molar-refractivity contribution in [3.8, 4) is 6.01 Å². The lowest BCUT2D eigenvalue weighted by Crippen LogP contribution is -2.20. The Balaban J connectivity index is 2.44. The minimum Gasteiger partial charge on any atom is -0.464 e. The van der Waals surface area contributed by atoms with Crippen LogP contribution in [-0.4, -0.2) is 54.5 Å². The van der Waals surface area contributed by atoms with Crippen LogP contribution in [-0.2, 0) is 4.74 Å². The third-order valence-electron chi connectivity index (χ3n) is 1.91. The predicted octanol–water partition coefficient (Wildman–Crippen LogP) is 1.30. The number of nitrogens with one attached hydrogen (secondary N) is 2. The zero-order chi connectivity index (χ0) is 15.0. The van der Waals surface area contributed by atoms with Crippen LogP contribution in [0.5, 0.6) is 6.01 Å². The van der Waals surface area contributed by atoms with Crippen LogP contribution in [0.2, 0.25) is 0 Å². The first kappa shape index (κ1) is 16.2. The molecule has 1 rings (SSSR count). The molecule has 0 aliphatic carbocycles. The van der Waals surface area contributed by atoms with E-state index in [2.05, 4.69) is 30.3 Å². The molecule has 0 aliphatic heterocycles. The lowest BCUT2D eigenvalue weighted by Gasteiger charge is -2.10. The summed E-state index contributed by atoms with van der Waals surface area (Å²) in [5.74, 6) is 0.491.